The molecule has 1 N–H and O–H groups in total. The first-order valence-electron chi connectivity index (χ1n) is 8.22. The van der Waals surface area contributed by atoms with E-state index in [2.05, 4.69) is 5.32 Å². The van der Waals surface area contributed by atoms with Crippen molar-refractivity contribution in [3.05, 3.63) is 35.1 Å². The van der Waals surface area contributed by atoms with Gasteiger partial charge in [0, 0.05) is 38.2 Å². The Labute approximate surface area is 143 Å². The molecule has 2 aliphatic heterocycles. The lowest BCUT2D eigenvalue weighted by molar-refractivity contribution is -0.135. The third-order valence-corrected chi connectivity index (χ3v) is 4.71. The molecule has 2 saturated heterocycles. The molecule has 1 aromatic rings. The van der Waals surface area contributed by atoms with Crippen LogP contribution in [0, 0.1) is 12.7 Å². The highest BCUT2D eigenvalue weighted by Crippen LogP contribution is 2.26. The normalized spacial score (nSPS) is 23.0. The molecule has 0 spiro atoms. The van der Waals surface area contributed by atoms with Crippen LogP contribution in [0.2, 0.25) is 0 Å². The van der Waals surface area contributed by atoms with Gasteiger partial charge in [-0.05, 0) is 24.6 Å². The molecule has 0 aliphatic carbocycles. The van der Waals surface area contributed by atoms with Crippen molar-refractivity contribution in [1.82, 2.24) is 15.1 Å². The zero-order valence-electron chi connectivity index (χ0n) is 13.9. The maximum atomic E-state index is 13.6. The Bertz CT molecular complexity index is 688. The second kappa shape index (κ2) is 6.67. The third-order valence-electron chi connectivity index (χ3n) is 4.71. The summed E-state index contributed by atoms with van der Waals surface area (Å²) in [5.41, 5.74) is 0.729. The minimum absolute atomic E-state index is 0.264. The van der Waals surface area contributed by atoms with Gasteiger partial charge >= 0.3 is 0 Å². The molecule has 2 heterocycles. The zero-order chi connectivity index (χ0) is 18.2. The second-order valence-electron chi connectivity index (χ2n) is 6.58. The Kier molecular flexibility index (Phi) is 4.73. The van der Waals surface area contributed by atoms with Crippen LogP contribution >= 0.6 is 0 Å². The van der Waals surface area contributed by atoms with Gasteiger partial charge in [0.2, 0.25) is 5.91 Å². The van der Waals surface area contributed by atoms with Gasteiger partial charge in [0.25, 0.3) is 11.8 Å². The molecule has 25 heavy (non-hydrogen) atoms. The lowest BCUT2D eigenvalue weighted by Gasteiger charge is -2.36. The Morgan fingerprint density at radius 1 is 1.16 bits per heavy atom. The van der Waals surface area contributed by atoms with Crippen molar-refractivity contribution < 1.29 is 22.8 Å². The molecule has 0 saturated carbocycles. The van der Waals surface area contributed by atoms with Crippen LogP contribution in [-0.2, 0) is 4.79 Å². The molecule has 0 bridgehead atoms. The summed E-state index contributed by atoms with van der Waals surface area (Å²) in [5.74, 6) is -3.94. The number of carbonyl (C=O) groups excluding carboxylic acids is 2. The number of halogens is 3. The van der Waals surface area contributed by atoms with Crippen molar-refractivity contribution in [3.63, 3.8) is 0 Å². The Balaban J connectivity index is 1.57. The average Bonchev–Trinajstić information content (AvgIpc) is 2.96. The number of nitrogens with one attached hydrogen (secondary N) is 1. The van der Waals surface area contributed by atoms with E-state index in [9.17, 15) is 22.8 Å². The van der Waals surface area contributed by atoms with Gasteiger partial charge in [-0.1, -0.05) is 6.07 Å². The fourth-order valence-corrected chi connectivity index (χ4v) is 3.15. The standard InChI is InChI=1S/C17H20F3N3O2/c1-11-2-3-12(8-13(11)18)15(24)22-4-6-23(7-5-22)16(25)14-9-17(19,20)10-21-14/h2-3,8,14,21H,4-7,9-10H2,1H3. The first-order valence-corrected chi connectivity index (χ1v) is 8.22. The first-order chi connectivity index (χ1) is 11.8. The van der Waals surface area contributed by atoms with Crippen molar-refractivity contribution in [2.75, 3.05) is 32.7 Å². The largest absolute Gasteiger partial charge is 0.338 e. The number of alkyl halides is 2. The number of piperazine rings is 1. The fraction of sp³-hybridized carbons (Fsp3) is 0.529. The highest BCUT2D eigenvalue weighted by atomic mass is 19.3. The molecule has 3 rings (SSSR count). The van der Waals surface area contributed by atoms with Gasteiger partial charge < -0.3 is 9.80 Å². The Hall–Kier alpha value is -2.09. The number of carbonyl (C=O) groups is 2. The van der Waals surface area contributed by atoms with E-state index in [-0.39, 0.29) is 30.5 Å². The minimum Gasteiger partial charge on any atom is -0.338 e. The summed E-state index contributed by atoms with van der Waals surface area (Å²) in [6.07, 6.45) is -0.492. The molecule has 1 atom stereocenters. The van der Waals surface area contributed by atoms with Crippen LogP contribution in [0.5, 0.6) is 0 Å². The smallest absolute Gasteiger partial charge is 0.262 e. The Morgan fingerprint density at radius 2 is 1.80 bits per heavy atom. The molecule has 2 aliphatic rings. The van der Waals surface area contributed by atoms with Crippen molar-refractivity contribution in [2.45, 2.75) is 25.3 Å². The van der Waals surface area contributed by atoms with Gasteiger partial charge in [0.1, 0.15) is 5.82 Å². The number of hydrogen-bond acceptors (Lipinski definition) is 3. The summed E-state index contributed by atoms with van der Waals surface area (Å²) in [6, 6.07) is 3.46. The number of benzene rings is 1. The van der Waals surface area contributed by atoms with Gasteiger partial charge in [-0.2, -0.15) is 0 Å². The molecule has 0 aromatic heterocycles. The molecular formula is C17H20F3N3O2. The molecule has 8 heteroatoms. The maximum absolute atomic E-state index is 13.6. The molecule has 0 radical (unpaired) electrons. The number of amides is 2. The van der Waals surface area contributed by atoms with Gasteiger partial charge in [-0.25, -0.2) is 13.2 Å². The summed E-state index contributed by atoms with van der Waals surface area (Å²) >= 11 is 0. The van der Waals surface area contributed by atoms with Crippen LogP contribution < -0.4 is 5.32 Å². The van der Waals surface area contributed by atoms with E-state index in [0.717, 1.165) is 0 Å². The van der Waals surface area contributed by atoms with Crippen molar-refractivity contribution in [2.24, 2.45) is 0 Å². The number of aryl methyl sites for hydroxylation is 1. The number of rotatable bonds is 2. The quantitative estimate of drug-likeness (QED) is 0.873. The predicted molar refractivity (Wildman–Crippen MR) is 85.0 cm³/mol. The van der Waals surface area contributed by atoms with Crippen LogP contribution in [0.3, 0.4) is 0 Å². The van der Waals surface area contributed by atoms with E-state index >= 15 is 0 Å². The van der Waals surface area contributed by atoms with E-state index in [1.807, 2.05) is 0 Å². The van der Waals surface area contributed by atoms with Crippen LogP contribution in [0.25, 0.3) is 0 Å². The molecule has 1 aromatic carbocycles. The Morgan fingerprint density at radius 3 is 2.36 bits per heavy atom. The SMILES string of the molecule is Cc1ccc(C(=O)N2CCN(C(=O)C3CC(F)(F)CN3)CC2)cc1F. The lowest BCUT2D eigenvalue weighted by atomic mass is 10.1. The monoisotopic (exact) mass is 355 g/mol. The highest BCUT2D eigenvalue weighted by molar-refractivity contribution is 5.94. The average molecular weight is 355 g/mol. The number of nitrogens with zero attached hydrogens (tertiary/aromatic N) is 2. The zero-order valence-corrected chi connectivity index (χ0v) is 13.9. The summed E-state index contributed by atoms with van der Waals surface area (Å²) in [4.78, 5) is 27.8. The van der Waals surface area contributed by atoms with E-state index in [4.69, 9.17) is 0 Å². The van der Waals surface area contributed by atoms with Gasteiger partial charge in [-0.3, -0.25) is 14.9 Å². The number of hydrogen-bond donors (Lipinski definition) is 1. The van der Waals surface area contributed by atoms with E-state index in [0.29, 0.717) is 18.7 Å². The molecule has 5 nitrogen and oxygen atoms in total. The summed E-state index contributed by atoms with van der Waals surface area (Å²) in [6.45, 7) is 2.28. The molecule has 2 amide bonds. The first kappa shape index (κ1) is 17.7. The van der Waals surface area contributed by atoms with Crippen molar-refractivity contribution >= 4 is 11.8 Å². The summed E-state index contributed by atoms with van der Waals surface area (Å²) in [5, 5.41) is 2.55. The minimum atomic E-state index is -2.85. The van der Waals surface area contributed by atoms with Crippen molar-refractivity contribution in [1.29, 1.82) is 0 Å². The van der Waals surface area contributed by atoms with Crippen molar-refractivity contribution in [3.8, 4) is 0 Å². The van der Waals surface area contributed by atoms with Gasteiger partial charge in [0.15, 0.2) is 0 Å². The topological polar surface area (TPSA) is 52.7 Å². The summed E-state index contributed by atoms with van der Waals surface area (Å²) < 4.78 is 40.1. The third kappa shape index (κ3) is 3.78. The van der Waals surface area contributed by atoms with Crippen LogP contribution in [-0.4, -0.2) is 66.3 Å². The van der Waals surface area contributed by atoms with Crippen LogP contribution in [0.1, 0.15) is 22.3 Å². The van der Waals surface area contributed by atoms with E-state index in [1.165, 1.54) is 11.0 Å². The predicted octanol–water partition coefficient (Wildman–Crippen LogP) is 1.42. The molecule has 1 unspecified atom stereocenters. The molecular weight excluding hydrogens is 335 g/mol. The second-order valence-corrected chi connectivity index (χ2v) is 6.58. The van der Waals surface area contributed by atoms with E-state index < -0.39 is 30.7 Å². The maximum Gasteiger partial charge on any atom is 0.262 e. The van der Waals surface area contributed by atoms with Gasteiger partial charge in [-0.15, -0.1) is 0 Å². The van der Waals surface area contributed by atoms with Crippen LogP contribution in [0.15, 0.2) is 18.2 Å². The highest BCUT2D eigenvalue weighted by Gasteiger charge is 2.43. The fourth-order valence-electron chi connectivity index (χ4n) is 3.15. The lowest BCUT2D eigenvalue weighted by Crippen LogP contribution is -2.54. The molecule has 2 fully saturated rings. The summed E-state index contributed by atoms with van der Waals surface area (Å²) in [7, 11) is 0. The van der Waals surface area contributed by atoms with E-state index in [1.54, 1.807) is 24.0 Å². The van der Waals surface area contributed by atoms with Gasteiger partial charge in [0.05, 0.1) is 12.6 Å². The molecule has 136 valence electrons. The van der Waals surface area contributed by atoms with Crippen LogP contribution in [0.4, 0.5) is 13.2 Å².